The van der Waals surface area contributed by atoms with E-state index in [1.165, 1.54) is 4.90 Å². The molecule has 1 aromatic heterocycles. The van der Waals surface area contributed by atoms with Crippen molar-refractivity contribution in [2.75, 3.05) is 25.0 Å². The van der Waals surface area contributed by atoms with Crippen LogP contribution in [0, 0.1) is 0 Å². The number of amides is 2. The van der Waals surface area contributed by atoms with Crippen LogP contribution >= 0.6 is 0 Å². The molecule has 1 aromatic rings. The summed E-state index contributed by atoms with van der Waals surface area (Å²) in [4.78, 5) is 13.4. The second-order valence-electron chi connectivity index (χ2n) is 5.21. The molecule has 0 saturated heterocycles. The standard InChI is InChI=1S/C13H21N3O3/c1-5-6-16(7-8-17)12(18)14-11-9-10(19-15-11)13(2,3)4/h5,9,17H,1,6-8H2,2-4H3,(H,14,15,18). The lowest BCUT2D eigenvalue weighted by molar-refractivity contribution is 0.195. The van der Waals surface area contributed by atoms with Gasteiger partial charge in [-0.2, -0.15) is 0 Å². The number of anilines is 1. The Balaban J connectivity index is 2.70. The molecule has 0 aliphatic carbocycles. The van der Waals surface area contributed by atoms with Crippen molar-refractivity contribution in [2.45, 2.75) is 26.2 Å². The molecule has 0 unspecified atom stereocenters. The van der Waals surface area contributed by atoms with E-state index in [0.717, 1.165) is 0 Å². The number of nitrogens with one attached hydrogen (secondary N) is 1. The summed E-state index contributed by atoms with van der Waals surface area (Å²) in [5.74, 6) is 1.06. The fourth-order valence-electron chi connectivity index (χ4n) is 1.43. The first-order chi connectivity index (χ1) is 8.88. The lowest BCUT2D eigenvalue weighted by Crippen LogP contribution is -2.37. The van der Waals surface area contributed by atoms with E-state index in [-0.39, 0.29) is 24.6 Å². The minimum absolute atomic E-state index is 0.104. The van der Waals surface area contributed by atoms with E-state index in [1.54, 1.807) is 12.1 Å². The van der Waals surface area contributed by atoms with Crippen LogP contribution in [0.15, 0.2) is 23.2 Å². The van der Waals surface area contributed by atoms with E-state index < -0.39 is 0 Å². The zero-order valence-electron chi connectivity index (χ0n) is 11.6. The molecular formula is C13H21N3O3. The average molecular weight is 267 g/mol. The van der Waals surface area contributed by atoms with Crippen molar-refractivity contribution in [3.63, 3.8) is 0 Å². The van der Waals surface area contributed by atoms with Crippen molar-refractivity contribution >= 4 is 11.8 Å². The molecule has 0 bridgehead atoms. The Labute approximate surface area is 113 Å². The summed E-state index contributed by atoms with van der Waals surface area (Å²) >= 11 is 0. The third kappa shape index (κ3) is 4.40. The summed E-state index contributed by atoms with van der Waals surface area (Å²) in [6, 6.07) is 1.35. The minimum Gasteiger partial charge on any atom is -0.395 e. The van der Waals surface area contributed by atoms with Crippen LogP contribution in [0.1, 0.15) is 26.5 Å². The van der Waals surface area contributed by atoms with E-state index >= 15 is 0 Å². The molecule has 0 radical (unpaired) electrons. The molecule has 0 saturated carbocycles. The van der Waals surface area contributed by atoms with Gasteiger partial charge in [0.15, 0.2) is 5.82 Å². The monoisotopic (exact) mass is 267 g/mol. The fraction of sp³-hybridized carbons (Fsp3) is 0.538. The van der Waals surface area contributed by atoms with Crippen LogP contribution in [0.5, 0.6) is 0 Å². The zero-order valence-corrected chi connectivity index (χ0v) is 11.6. The number of carbonyl (C=O) groups is 1. The van der Waals surface area contributed by atoms with Gasteiger partial charge in [-0.05, 0) is 0 Å². The zero-order chi connectivity index (χ0) is 14.5. The average Bonchev–Trinajstić information content (AvgIpc) is 2.77. The molecule has 0 aliphatic rings. The van der Waals surface area contributed by atoms with Gasteiger partial charge >= 0.3 is 6.03 Å². The summed E-state index contributed by atoms with van der Waals surface area (Å²) in [5, 5.41) is 15.3. The van der Waals surface area contributed by atoms with Gasteiger partial charge in [0.05, 0.1) is 6.61 Å². The highest BCUT2D eigenvalue weighted by molar-refractivity contribution is 5.88. The molecule has 2 amide bonds. The van der Waals surface area contributed by atoms with Gasteiger partial charge in [-0.25, -0.2) is 4.79 Å². The Morgan fingerprint density at radius 2 is 2.32 bits per heavy atom. The molecule has 106 valence electrons. The number of aliphatic hydroxyl groups excluding tert-OH is 1. The molecule has 6 nitrogen and oxygen atoms in total. The normalized spacial score (nSPS) is 11.2. The van der Waals surface area contributed by atoms with Crippen LogP contribution in [-0.4, -0.2) is 40.9 Å². The minimum atomic E-state index is -0.345. The van der Waals surface area contributed by atoms with E-state index in [9.17, 15) is 4.79 Å². The fourth-order valence-corrected chi connectivity index (χ4v) is 1.43. The Morgan fingerprint density at radius 3 is 2.79 bits per heavy atom. The molecule has 0 fully saturated rings. The van der Waals surface area contributed by atoms with Crippen molar-refractivity contribution in [3.05, 3.63) is 24.5 Å². The van der Waals surface area contributed by atoms with E-state index in [4.69, 9.17) is 9.63 Å². The van der Waals surface area contributed by atoms with Gasteiger partial charge < -0.3 is 14.5 Å². The third-order valence-electron chi connectivity index (χ3n) is 2.49. The summed E-state index contributed by atoms with van der Waals surface area (Å²) in [5.41, 5.74) is -0.165. The maximum atomic E-state index is 11.9. The highest BCUT2D eigenvalue weighted by Gasteiger charge is 2.21. The predicted molar refractivity (Wildman–Crippen MR) is 73.1 cm³/mol. The van der Waals surface area contributed by atoms with E-state index in [2.05, 4.69) is 17.1 Å². The van der Waals surface area contributed by atoms with Crippen molar-refractivity contribution in [2.24, 2.45) is 0 Å². The van der Waals surface area contributed by atoms with Gasteiger partial charge in [-0.3, -0.25) is 5.32 Å². The van der Waals surface area contributed by atoms with Crippen LogP contribution in [0.4, 0.5) is 10.6 Å². The lowest BCUT2D eigenvalue weighted by Gasteiger charge is -2.19. The van der Waals surface area contributed by atoms with Crippen molar-refractivity contribution in [1.82, 2.24) is 10.1 Å². The third-order valence-corrected chi connectivity index (χ3v) is 2.49. The van der Waals surface area contributed by atoms with Gasteiger partial charge in [0, 0.05) is 24.6 Å². The van der Waals surface area contributed by atoms with Crippen LogP contribution < -0.4 is 5.32 Å². The van der Waals surface area contributed by atoms with Crippen molar-refractivity contribution in [3.8, 4) is 0 Å². The predicted octanol–water partition coefficient (Wildman–Crippen LogP) is 1.98. The second kappa shape index (κ2) is 6.38. The Hall–Kier alpha value is -1.82. The summed E-state index contributed by atoms with van der Waals surface area (Å²) in [6.45, 7) is 10.0. The molecule has 2 N–H and O–H groups in total. The number of carbonyl (C=O) groups excluding carboxylic acids is 1. The number of hydrogen-bond acceptors (Lipinski definition) is 4. The Kier molecular flexibility index (Phi) is 5.11. The molecule has 6 heteroatoms. The quantitative estimate of drug-likeness (QED) is 0.800. The summed E-state index contributed by atoms with van der Waals surface area (Å²) < 4.78 is 5.18. The lowest BCUT2D eigenvalue weighted by atomic mass is 9.93. The topological polar surface area (TPSA) is 78.6 Å². The largest absolute Gasteiger partial charge is 0.395 e. The van der Waals surface area contributed by atoms with E-state index in [0.29, 0.717) is 18.1 Å². The Morgan fingerprint density at radius 1 is 1.63 bits per heavy atom. The van der Waals surface area contributed by atoms with E-state index in [1.807, 2.05) is 20.8 Å². The number of hydrogen-bond donors (Lipinski definition) is 2. The number of aromatic nitrogens is 1. The maximum Gasteiger partial charge on any atom is 0.323 e. The van der Waals surface area contributed by atoms with Crippen LogP contribution in [0.25, 0.3) is 0 Å². The smallest absolute Gasteiger partial charge is 0.323 e. The van der Waals surface area contributed by atoms with Crippen LogP contribution in [0.2, 0.25) is 0 Å². The molecule has 1 rings (SSSR count). The molecule has 19 heavy (non-hydrogen) atoms. The van der Waals surface area contributed by atoms with Crippen LogP contribution in [-0.2, 0) is 5.41 Å². The first-order valence-corrected chi connectivity index (χ1v) is 6.13. The van der Waals surface area contributed by atoms with Gasteiger partial charge in [0.25, 0.3) is 0 Å². The highest BCUT2D eigenvalue weighted by atomic mass is 16.5. The van der Waals surface area contributed by atoms with Crippen molar-refractivity contribution < 1.29 is 14.4 Å². The van der Waals surface area contributed by atoms with Gasteiger partial charge in [0.1, 0.15) is 5.76 Å². The molecular weight excluding hydrogens is 246 g/mol. The van der Waals surface area contributed by atoms with Crippen molar-refractivity contribution in [1.29, 1.82) is 0 Å². The summed E-state index contributed by atoms with van der Waals surface area (Å²) in [6.07, 6.45) is 1.60. The number of rotatable bonds is 5. The number of urea groups is 1. The Bertz CT molecular complexity index is 435. The highest BCUT2D eigenvalue weighted by Crippen LogP contribution is 2.24. The molecule has 1 heterocycles. The van der Waals surface area contributed by atoms with Gasteiger partial charge in [0.2, 0.25) is 0 Å². The molecule has 0 atom stereocenters. The second-order valence-corrected chi connectivity index (χ2v) is 5.21. The molecule has 0 aliphatic heterocycles. The number of nitrogens with zero attached hydrogens (tertiary/aromatic N) is 2. The molecule has 0 aromatic carbocycles. The first kappa shape index (κ1) is 15.2. The summed E-state index contributed by atoms with van der Waals surface area (Å²) in [7, 11) is 0. The first-order valence-electron chi connectivity index (χ1n) is 6.13. The molecule has 0 spiro atoms. The SMILES string of the molecule is C=CCN(CCO)C(=O)Nc1cc(C(C)(C)C)on1. The van der Waals surface area contributed by atoms with Crippen LogP contribution in [0.3, 0.4) is 0 Å². The maximum absolute atomic E-state index is 11.9. The van der Waals surface area contributed by atoms with Gasteiger partial charge in [-0.1, -0.05) is 32.0 Å². The number of aliphatic hydroxyl groups is 1. The van der Waals surface area contributed by atoms with Gasteiger partial charge in [-0.15, -0.1) is 6.58 Å².